The summed E-state index contributed by atoms with van der Waals surface area (Å²) in [6.07, 6.45) is 1.57. The predicted octanol–water partition coefficient (Wildman–Crippen LogP) is 4.97. The number of anilines is 1. The van der Waals surface area contributed by atoms with Crippen molar-refractivity contribution in [3.63, 3.8) is 0 Å². The van der Waals surface area contributed by atoms with Crippen LogP contribution in [0.5, 0.6) is 11.5 Å². The number of β-amino-alcohol motifs (C(OH)–C–C–N with tert-alkyl or cyclic N) is 1. The van der Waals surface area contributed by atoms with Crippen LogP contribution in [0.1, 0.15) is 42.2 Å². The smallest absolute Gasteiger partial charge is 0.224 e. The van der Waals surface area contributed by atoms with Crippen LogP contribution in [-0.2, 0) is 35.2 Å². The lowest BCUT2D eigenvalue weighted by Crippen LogP contribution is -2.43. The van der Waals surface area contributed by atoms with Gasteiger partial charge in [0.15, 0.2) is 0 Å². The zero-order chi connectivity index (χ0) is 31.0. The molecule has 226 valence electrons. The summed E-state index contributed by atoms with van der Waals surface area (Å²) >= 11 is 0. The van der Waals surface area contributed by atoms with Crippen LogP contribution in [0.15, 0.2) is 91.0 Å². The number of rotatable bonds is 13. The molecule has 0 aliphatic carbocycles. The number of carbonyl (C=O) groups is 1. The third-order valence-electron chi connectivity index (χ3n) is 7.05. The fourth-order valence-electron chi connectivity index (χ4n) is 4.87. The topological polar surface area (TPSA) is 131 Å². The largest absolute Gasteiger partial charge is 0.508 e. The number of benzene rings is 4. The Kier molecular flexibility index (Phi) is 10.6. The van der Waals surface area contributed by atoms with Crippen LogP contribution in [0.25, 0.3) is 11.1 Å². The first-order chi connectivity index (χ1) is 20.5. The summed E-state index contributed by atoms with van der Waals surface area (Å²) in [4.78, 5) is 12.8. The number of hydrogen-bond acceptors (Lipinski definition) is 6. The van der Waals surface area contributed by atoms with Gasteiger partial charge in [0.05, 0.1) is 18.2 Å². The van der Waals surface area contributed by atoms with Crippen LogP contribution < -0.4 is 15.4 Å². The Bertz CT molecular complexity index is 1570. The summed E-state index contributed by atoms with van der Waals surface area (Å²) in [5.41, 5.74) is 5.53. The Balaban J connectivity index is 1.29. The van der Waals surface area contributed by atoms with Crippen molar-refractivity contribution >= 4 is 22.6 Å². The molecule has 4 rings (SSSR count). The van der Waals surface area contributed by atoms with E-state index in [1.165, 1.54) is 12.3 Å². The van der Waals surface area contributed by atoms with Gasteiger partial charge in [-0.25, -0.2) is 4.21 Å². The van der Waals surface area contributed by atoms with Gasteiger partial charge in [0.2, 0.25) is 5.91 Å². The molecule has 2 unspecified atom stereocenters. The molecule has 9 heteroatoms. The van der Waals surface area contributed by atoms with E-state index in [-0.39, 0.29) is 35.9 Å². The lowest BCUT2D eigenvalue weighted by atomic mass is 9.93. The van der Waals surface area contributed by atoms with Gasteiger partial charge < -0.3 is 30.7 Å². The van der Waals surface area contributed by atoms with Gasteiger partial charge in [0.1, 0.15) is 22.5 Å². The third-order valence-corrected chi connectivity index (χ3v) is 7.56. The first-order valence-corrected chi connectivity index (χ1v) is 15.6. The summed E-state index contributed by atoms with van der Waals surface area (Å²) in [5, 5.41) is 36.7. The number of aromatic hydroxyl groups is 2. The normalized spacial score (nSPS) is 12.8. The third kappa shape index (κ3) is 9.68. The number of amides is 1. The molecule has 8 nitrogen and oxygen atoms in total. The van der Waals surface area contributed by atoms with Gasteiger partial charge in [-0.2, -0.15) is 0 Å². The second kappa shape index (κ2) is 14.3. The number of aliphatic hydroxyl groups is 1. The van der Waals surface area contributed by atoms with Gasteiger partial charge in [-0.05, 0) is 84.0 Å². The highest BCUT2D eigenvalue weighted by molar-refractivity contribution is 7.85. The van der Waals surface area contributed by atoms with E-state index in [0.717, 1.165) is 27.8 Å². The quantitative estimate of drug-likeness (QED) is 0.120. The van der Waals surface area contributed by atoms with Crippen molar-refractivity contribution in [3.8, 4) is 22.6 Å². The van der Waals surface area contributed by atoms with Crippen LogP contribution in [0.2, 0.25) is 0 Å². The van der Waals surface area contributed by atoms with Crippen molar-refractivity contribution in [2.24, 2.45) is 0 Å². The molecule has 0 aliphatic rings. The van der Waals surface area contributed by atoms with Crippen molar-refractivity contribution < 1.29 is 24.3 Å². The molecule has 0 fully saturated rings. The first kappa shape index (κ1) is 31.7. The van der Waals surface area contributed by atoms with E-state index >= 15 is 0 Å². The molecule has 6 N–H and O–H groups in total. The monoisotopic (exact) mass is 601 g/mol. The zero-order valence-electron chi connectivity index (χ0n) is 24.6. The molecular formula is C34H39N3O5S. The number of nitrogens with one attached hydrogen (secondary N) is 3. The van der Waals surface area contributed by atoms with E-state index in [1.807, 2.05) is 60.7 Å². The Labute approximate surface area is 255 Å². The van der Waals surface area contributed by atoms with Crippen LogP contribution >= 0.6 is 0 Å². The van der Waals surface area contributed by atoms with E-state index in [4.69, 9.17) is 0 Å². The average Bonchev–Trinajstić information content (AvgIpc) is 2.96. The van der Waals surface area contributed by atoms with Crippen molar-refractivity contribution in [1.29, 1.82) is 0 Å². The Hall–Kier alpha value is -4.18. The Morgan fingerprint density at radius 2 is 1.56 bits per heavy atom. The van der Waals surface area contributed by atoms with Crippen molar-refractivity contribution in [2.45, 2.75) is 44.9 Å². The summed E-state index contributed by atoms with van der Waals surface area (Å²) in [7, 11) is -1.35. The highest BCUT2D eigenvalue weighted by Crippen LogP contribution is 2.28. The van der Waals surface area contributed by atoms with Crippen LogP contribution in [0.3, 0.4) is 0 Å². The number of aliphatic hydroxyl groups excluding tert-OH is 1. The molecule has 4 aromatic rings. The number of carbonyl (C=O) groups excluding carboxylic acids is 1. The minimum Gasteiger partial charge on any atom is -0.508 e. The molecule has 0 saturated heterocycles. The molecule has 43 heavy (non-hydrogen) atoms. The van der Waals surface area contributed by atoms with Crippen LogP contribution in [0, 0.1) is 0 Å². The van der Waals surface area contributed by atoms with Gasteiger partial charge in [0.25, 0.3) is 0 Å². The van der Waals surface area contributed by atoms with Gasteiger partial charge in [-0.1, -0.05) is 60.7 Å². The van der Waals surface area contributed by atoms with Crippen molar-refractivity contribution in [3.05, 3.63) is 113 Å². The van der Waals surface area contributed by atoms with Crippen molar-refractivity contribution in [1.82, 2.24) is 10.6 Å². The maximum absolute atomic E-state index is 12.8. The first-order valence-electron chi connectivity index (χ1n) is 14.1. The highest BCUT2D eigenvalue weighted by atomic mass is 32.2. The number of hydrogen-bond donors (Lipinski definition) is 6. The van der Waals surface area contributed by atoms with Gasteiger partial charge in [0, 0.05) is 24.9 Å². The number of phenolic OH excluding ortho intramolecular Hbond substituents is 2. The summed E-state index contributed by atoms with van der Waals surface area (Å²) < 4.78 is 14.2. The summed E-state index contributed by atoms with van der Waals surface area (Å²) in [6, 6.07) is 27.6. The van der Waals surface area contributed by atoms with Crippen molar-refractivity contribution in [2.75, 3.05) is 17.5 Å². The molecule has 2 atom stereocenters. The van der Waals surface area contributed by atoms with E-state index in [9.17, 15) is 24.3 Å². The Morgan fingerprint density at radius 3 is 2.30 bits per heavy atom. The molecule has 0 spiro atoms. The maximum atomic E-state index is 12.8. The zero-order valence-corrected chi connectivity index (χ0v) is 25.4. The van der Waals surface area contributed by atoms with Gasteiger partial charge in [-0.3, -0.25) is 4.79 Å². The van der Waals surface area contributed by atoms with E-state index in [0.29, 0.717) is 24.2 Å². The molecule has 0 saturated carbocycles. The maximum Gasteiger partial charge on any atom is 0.224 e. The highest BCUT2D eigenvalue weighted by Gasteiger charge is 2.21. The van der Waals surface area contributed by atoms with E-state index < -0.39 is 17.1 Å². The molecule has 4 aromatic carbocycles. The van der Waals surface area contributed by atoms with E-state index in [1.54, 1.807) is 24.3 Å². The second-order valence-corrected chi connectivity index (χ2v) is 12.4. The summed E-state index contributed by atoms with van der Waals surface area (Å²) in [5.74, 6) is 0.121. The van der Waals surface area contributed by atoms with Crippen LogP contribution in [0.4, 0.5) is 5.69 Å². The molecule has 0 heterocycles. The minimum atomic E-state index is -1.35. The summed E-state index contributed by atoms with van der Waals surface area (Å²) in [6.45, 7) is 4.80. The molecule has 0 aromatic heterocycles. The molecule has 0 aliphatic heterocycles. The molecule has 1 amide bonds. The lowest BCUT2D eigenvalue weighted by molar-refractivity contribution is -0.120. The standard InChI is InChI=1S/C34H39N3O5S/c1-34(2,36-22-32(40)28-12-15-31(39)30(19-28)37-43(3)42)20-24-7-4-6-23(16-24)18-33(41)35-21-25-8-5-9-27(17-25)26-10-13-29(38)14-11-26/h4-17,19,32,36-40H,18,20-22H2,1-3H3,(H,35,41). The minimum absolute atomic E-state index is 0.0344. The fraction of sp³-hybridized carbons (Fsp3) is 0.265. The fourth-order valence-corrected chi connectivity index (χ4v) is 5.35. The van der Waals surface area contributed by atoms with Gasteiger partial charge in [-0.15, -0.1) is 0 Å². The van der Waals surface area contributed by atoms with E-state index in [2.05, 4.69) is 29.2 Å². The van der Waals surface area contributed by atoms with Crippen LogP contribution in [-0.4, -0.2) is 43.8 Å². The lowest BCUT2D eigenvalue weighted by Gasteiger charge is -2.28. The van der Waals surface area contributed by atoms with Gasteiger partial charge >= 0.3 is 0 Å². The number of phenols is 2. The molecule has 0 radical (unpaired) electrons. The molecular weight excluding hydrogens is 562 g/mol. The Morgan fingerprint density at radius 1 is 0.860 bits per heavy atom. The SMILES string of the molecule is CS(=O)Nc1cc(C(O)CNC(C)(C)Cc2cccc(CC(=O)NCc3cccc(-c4ccc(O)cc4)c3)c2)ccc1O. The average molecular weight is 602 g/mol. The second-order valence-electron chi connectivity index (χ2n) is 11.3. The molecule has 0 bridgehead atoms. The predicted molar refractivity (Wildman–Crippen MR) is 172 cm³/mol.